The summed E-state index contributed by atoms with van der Waals surface area (Å²) in [5.74, 6) is 2.07. The zero-order chi connectivity index (χ0) is 15.2. The van der Waals surface area contributed by atoms with Crippen LogP contribution in [-0.4, -0.2) is 33.6 Å². The number of hydrogen-bond acceptors (Lipinski definition) is 4. The SMILES string of the molecule is CNC(CSc1ccc(C)cc1)Cc1ncnn1C(C)C. The van der Waals surface area contributed by atoms with Gasteiger partial charge >= 0.3 is 0 Å². The number of benzene rings is 1. The van der Waals surface area contributed by atoms with Gasteiger partial charge in [-0.05, 0) is 40.0 Å². The van der Waals surface area contributed by atoms with Gasteiger partial charge in [0.05, 0.1) is 0 Å². The van der Waals surface area contributed by atoms with Gasteiger partial charge in [-0.1, -0.05) is 17.7 Å². The molecular weight excluding hydrogens is 280 g/mol. The van der Waals surface area contributed by atoms with E-state index in [0.717, 1.165) is 18.0 Å². The molecule has 0 aliphatic rings. The van der Waals surface area contributed by atoms with Gasteiger partial charge in [-0.15, -0.1) is 11.8 Å². The molecule has 0 bridgehead atoms. The lowest BCUT2D eigenvalue weighted by Gasteiger charge is -2.17. The van der Waals surface area contributed by atoms with Crippen molar-refractivity contribution in [2.24, 2.45) is 0 Å². The van der Waals surface area contributed by atoms with Crippen LogP contribution < -0.4 is 5.32 Å². The molecule has 1 unspecified atom stereocenters. The number of rotatable bonds is 7. The summed E-state index contributed by atoms with van der Waals surface area (Å²) in [6, 6.07) is 9.42. The van der Waals surface area contributed by atoms with Gasteiger partial charge < -0.3 is 5.32 Å². The zero-order valence-corrected chi connectivity index (χ0v) is 14.0. The second-order valence-electron chi connectivity index (χ2n) is 5.53. The molecule has 2 rings (SSSR count). The van der Waals surface area contributed by atoms with Crippen LogP contribution in [0.1, 0.15) is 31.3 Å². The van der Waals surface area contributed by atoms with Gasteiger partial charge in [0.15, 0.2) is 0 Å². The van der Waals surface area contributed by atoms with E-state index in [1.807, 2.05) is 23.5 Å². The predicted molar refractivity (Wildman–Crippen MR) is 88.9 cm³/mol. The first-order valence-corrected chi connectivity index (χ1v) is 8.34. The highest BCUT2D eigenvalue weighted by Gasteiger charge is 2.14. The van der Waals surface area contributed by atoms with Gasteiger partial charge in [0.1, 0.15) is 12.2 Å². The van der Waals surface area contributed by atoms with E-state index < -0.39 is 0 Å². The van der Waals surface area contributed by atoms with E-state index in [4.69, 9.17) is 0 Å². The highest BCUT2D eigenvalue weighted by Crippen LogP contribution is 2.20. The molecule has 2 aromatic rings. The summed E-state index contributed by atoms with van der Waals surface area (Å²) in [7, 11) is 2.01. The van der Waals surface area contributed by atoms with Crippen molar-refractivity contribution >= 4 is 11.8 Å². The number of thioether (sulfide) groups is 1. The van der Waals surface area contributed by atoms with Crippen molar-refractivity contribution in [1.82, 2.24) is 20.1 Å². The Balaban J connectivity index is 1.94. The smallest absolute Gasteiger partial charge is 0.138 e. The monoisotopic (exact) mass is 304 g/mol. The van der Waals surface area contributed by atoms with Crippen LogP contribution in [0.25, 0.3) is 0 Å². The molecule has 1 aromatic carbocycles. The van der Waals surface area contributed by atoms with Crippen LogP contribution in [0.15, 0.2) is 35.5 Å². The Kier molecular flexibility index (Phi) is 5.82. The average molecular weight is 304 g/mol. The fraction of sp³-hybridized carbons (Fsp3) is 0.500. The van der Waals surface area contributed by atoms with Gasteiger partial charge in [-0.2, -0.15) is 5.10 Å². The second-order valence-corrected chi connectivity index (χ2v) is 6.62. The average Bonchev–Trinajstić information content (AvgIpc) is 2.93. The number of nitrogens with zero attached hydrogens (tertiary/aromatic N) is 3. The summed E-state index contributed by atoms with van der Waals surface area (Å²) in [6.45, 7) is 6.38. The van der Waals surface area contributed by atoms with Crippen molar-refractivity contribution in [1.29, 1.82) is 0 Å². The number of hydrogen-bond donors (Lipinski definition) is 1. The molecule has 0 fully saturated rings. The topological polar surface area (TPSA) is 42.7 Å². The van der Waals surface area contributed by atoms with Crippen LogP contribution in [0.5, 0.6) is 0 Å². The Bertz CT molecular complexity index is 548. The molecule has 4 nitrogen and oxygen atoms in total. The Morgan fingerprint density at radius 2 is 1.95 bits per heavy atom. The van der Waals surface area contributed by atoms with E-state index >= 15 is 0 Å². The Morgan fingerprint density at radius 3 is 2.57 bits per heavy atom. The lowest BCUT2D eigenvalue weighted by atomic mass is 10.2. The van der Waals surface area contributed by atoms with Crippen molar-refractivity contribution in [3.63, 3.8) is 0 Å². The molecule has 5 heteroatoms. The van der Waals surface area contributed by atoms with Crippen molar-refractivity contribution in [2.45, 2.75) is 44.2 Å². The van der Waals surface area contributed by atoms with Crippen LogP contribution in [-0.2, 0) is 6.42 Å². The van der Waals surface area contributed by atoms with Gasteiger partial charge in [-0.3, -0.25) is 0 Å². The number of aromatic nitrogens is 3. The lowest BCUT2D eigenvalue weighted by Crippen LogP contribution is -2.31. The molecule has 1 atom stereocenters. The first kappa shape index (κ1) is 16.0. The van der Waals surface area contributed by atoms with E-state index in [1.54, 1.807) is 6.33 Å². The molecule has 0 saturated carbocycles. The summed E-state index contributed by atoms with van der Waals surface area (Å²) >= 11 is 1.88. The largest absolute Gasteiger partial charge is 0.316 e. The van der Waals surface area contributed by atoms with Gasteiger partial charge in [-0.25, -0.2) is 9.67 Å². The Morgan fingerprint density at radius 1 is 1.24 bits per heavy atom. The van der Waals surface area contributed by atoms with Gasteiger partial charge in [0.2, 0.25) is 0 Å². The Hall–Kier alpha value is -1.33. The summed E-state index contributed by atoms with van der Waals surface area (Å²) in [6.07, 6.45) is 2.54. The van der Waals surface area contributed by atoms with E-state index in [-0.39, 0.29) is 0 Å². The van der Waals surface area contributed by atoms with E-state index in [0.29, 0.717) is 12.1 Å². The fourth-order valence-electron chi connectivity index (χ4n) is 2.15. The van der Waals surface area contributed by atoms with Crippen molar-refractivity contribution in [2.75, 3.05) is 12.8 Å². The highest BCUT2D eigenvalue weighted by atomic mass is 32.2. The maximum atomic E-state index is 4.39. The summed E-state index contributed by atoms with van der Waals surface area (Å²) in [4.78, 5) is 5.71. The highest BCUT2D eigenvalue weighted by molar-refractivity contribution is 7.99. The third-order valence-corrected chi connectivity index (χ3v) is 4.62. The zero-order valence-electron chi connectivity index (χ0n) is 13.2. The molecule has 0 amide bonds. The quantitative estimate of drug-likeness (QED) is 0.798. The predicted octanol–water partition coefficient (Wildman–Crippen LogP) is 3.09. The van der Waals surface area contributed by atoms with Gasteiger partial charge in [0, 0.05) is 29.2 Å². The first-order valence-electron chi connectivity index (χ1n) is 7.35. The first-order chi connectivity index (χ1) is 10.1. The molecular formula is C16H24N4S. The normalized spacial score (nSPS) is 12.8. The van der Waals surface area contributed by atoms with Crippen LogP contribution in [0.4, 0.5) is 0 Å². The molecule has 21 heavy (non-hydrogen) atoms. The molecule has 0 spiro atoms. The number of nitrogens with one attached hydrogen (secondary N) is 1. The molecule has 1 heterocycles. The molecule has 114 valence electrons. The Labute approximate surface area is 131 Å². The van der Waals surface area contributed by atoms with Crippen molar-refractivity contribution in [3.8, 4) is 0 Å². The van der Waals surface area contributed by atoms with Crippen LogP contribution in [0.2, 0.25) is 0 Å². The number of likely N-dealkylation sites (N-methyl/N-ethyl adjacent to an activating group) is 1. The van der Waals surface area contributed by atoms with Crippen LogP contribution in [0.3, 0.4) is 0 Å². The fourth-order valence-corrected chi connectivity index (χ4v) is 3.15. The lowest BCUT2D eigenvalue weighted by molar-refractivity contribution is 0.484. The molecule has 0 aliphatic heterocycles. The van der Waals surface area contributed by atoms with Crippen LogP contribution in [0, 0.1) is 6.92 Å². The number of aryl methyl sites for hydroxylation is 1. The molecule has 1 aromatic heterocycles. The molecule has 1 N–H and O–H groups in total. The minimum absolute atomic E-state index is 0.352. The molecule has 0 radical (unpaired) electrons. The summed E-state index contributed by atoms with van der Waals surface area (Å²) in [5, 5.41) is 7.69. The van der Waals surface area contributed by atoms with Gasteiger partial charge in [0.25, 0.3) is 0 Å². The van der Waals surface area contributed by atoms with E-state index in [9.17, 15) is 0 Å². The van der Waals surface area contributed by atoms with E-state index in [2.05, 4.69) is 60.4 Å². The third-order valence-electron chi connectivity index (χ3n) is 3.45. The summed E-state index contributed by atoms with van der Waals surface area (Å²) in [5.41, 5.74) is 1.30. The molecule has 0 aliphatic carbocycles. The minimum Gasteiger partial charge on any atom is -0.316 e. The van der Waals surface area contributed by atoms with Crippen molar-refractivity contribution < 1.29 is 0 Å². The van der Waals surface area contributed by atoms with Crippen LogP contribution >= 0.6 is 11.8 Å². The van der Waals surface area contributed by atoms with Crippen molar-refractivity contribution in [3.05, 3.63) is 42.0 Å². The summed E-state index contributed by atoms with van der Waals surface area (Å²) < 4.78 is 2.00. The maximum absolute atomic E-state index is 4.39. The third kappa shape index (κ3) is 4.58. The maximum Gasteiger partial charge on any atom is 0.138 e. The van der Waals surface area contributed by atoms with E-state index in [1.165, 1.54) is 10.5 Å². The molecule has 0 saturated heterocycles. The second kappa shape index (κ2) is 7.61. The standard InChI is InChI=1S/C16H24N4S/c1-12(2)20-16(18-11-19-20)9-14(17-4)10-21-15-7-5-13(3)6-8-15/h5-8,11-12,14,17H,9-10H2,1-4H3. The minimum atomic E-state index is 0.352.